The molecule has 0 bridgehead atoms. The van der Waals surface area contributed by atoms with Gasteiger partial charge in [-0.15, -0.1) is 0 Å². The zero-order chi connectivity index (χ0) is 14.7. The molecule has 1 nitrogen and oxygen atoms in total. The Hall–Kier alpha value is -1.83. The van der Waals surface area contributed by atoms with E-state index in [1.807, 2.05) is 18.2 Å². The molecule has 1 unspecified atom stereocenters. The maximum atomic E-state index is 6.01. The Kier molecular flexibility index (Phi) is 4.23. The summed E-state index contributed by atoms with van der Waals surface area (Å²) in [5.74, 6) is 0. The highest BCUT2D eigenvalue weighted by Gasteiger charge is 2.06. The topological polar surface area (TPSA) is 12.0 Å². The lowest BCUT2D eigenvalue weighted by Crippen LogP contribution is -2.18. The molecule has 3 aromatic carbocycles. The quantitative estimate of drug-likeness (QED) is 0.684. The Morgan fingerprint density at radius 2 is 1.71 bits per heavy atom. The molecule has 0 amide bonds. The number of fused-ring (bicyclic) bond motifs is 1. The second-order valence-corrected chi connectivity index (χ2v) is 5.78. The zero-order valence-corrected chi connectivity index (χ0v) is 12.8. The second kappa shape index (κ2) is 6.30. The minimum Gasteiger partial charge on any atom is -0.306 e. The molecular weight excluding hydrogens is 278 g/mol. The van der Waals surface area contributed by atoms with E-state index in [0.717, 1.165) is 11.6 Å². The summed E-state index contributed by atoms with van der Waals surface area (Å²) in [5.41, 5.74) is 2.51. The van der Waals surface area contributed by atoms with Crippen LogP contribution in [0, 0.1) is 0 Å². The molecule has 0 aliphatic rings. The van der Waals surface area contributed by atoms with E-state index in [1.54, 1.807) is 0 Å². The third kappa shape index (κ3) is 3.44. The largest absolute Gasteiger partial charge is 0.306 e. The number of hydrogen-bond donors (Lipinski definition) is 1. The van der Waals surface area contributed by atoms with Crippen LogP contribution < -0.4 is 5.32 Å². The molecule has 0 aliphatic carbocycles. The summed E-state index contributed by atoms with van der Waals surface area (Å²) in [4.78, 5) is 0. The van der Waals surface area contributed by atoms with Crippen molar-refractivity contribution in [2.75, 3.05) is 0 Å². The van der Waals surface area contributed by atoms with Crippen molar-refractivity contribution in [3.05, 3.63) is 82.9 Å². The van der Waals surface area contributed by atoms with Crippen molar-refractivity contribution in [3.63, 3.8) is 0 Å². The van der Waals surface area contributed by atoms with Crippen molar-refractivity contribution in [1.82, 2.24) is 5.32 Å². The summed E-state index contributed by atoms with van der Waals surface area (Å²) < 4.78 is 0. The molecule has 0 saturated carbocycles. The molecule has 0 aliphatic heterocycles. The molecular formula is C19H18ClN. The molecule has 106 valence electrons. The lowest BCUT2D eigenvalue weighted by molar-refractivity contribution is 0.575. The first kappa shape index (κ1) is 14.1. The van der Waals surface area contributed by atoms with Gasteiger partial charge in [-0.25, -0.2) is 0 Å². The summed E-state index contributed by atoms with van der Waals surface area (Å²) >= 11 is 6.01. The van der Waals surface area contributed by atoms with Gasteiger partial charge in [-0.1, -0.05) is 60.1 Å². The minimum atomic E-state index is 0.300. The first-order valence-electron chi connectivity index (χ1n) is 7.19. The normalized spacial score (nSPS) is 12.5. The van der Waals surface area contributed by atoms with Crippen molar-refractivity contribution in [2.24, 2.45) is 0 Å². The Morgan fingerprint density at radius 3 is 2.52 bits per heavy atom. The van der Waals surface area contributed by atoms with Crippen LogP contribution in [0.4, 0.5) is 0 Å². The van der Waals surface area contributed by atoms with E-state index in [4.69, 9.17) is 11.6 Å². The van der Waals surface area contributed by atoms with E-state index >= 15 is 0 Å². The summed E-state index contributed by atoms with van der Waals surface area (Å²) in [6.45, 7) is 3.00. The molecule has 0 spiro atoms. The summed E-state index contributed by atoms with van der Waals surface area (Å²) in [7, 11) is 0. The number of halogens is 1. The van der Waals surface area contributed by atoms with Crippen LogP contribution in [0.3, 0.4) is 0 Å². The van der Waals surface area contributed by atoms with Crippen LogP contribution >= 0.6 is 11.6 Å². The van der Waals surface area contributed by atoms with E-state index in [9.17, 15) is 0 Å². The molecule has 2 heteroatoms. The average Bonchev–Trinajstić information content (AvgIpc) is 2.52. The van der Waals surface area contributed by atoms with Gasteiger partial charge >= 0.3 is 0 Å². The van der Waals surface area contributed by atoms with Crippen LogP contribution in [0.5, 0.6) is 0 Å². The fraction of sp³-hybridized carbons (Fsp3) is 0.158. The molecule has 0 aromatic heterocycles. The Balaban J connectivity index is 1.73. The van der Waals surface area contributed by atoms with Crippen LogP contribution in [0.1, 0.15) is 24.1 Å². The predicted octanol–water partition coefficient (Wildman–Crippen LogP) is 5.34. The van der Waals surface area contributed by atoms with Crippen LogP contribution in [-0.4, -0.2) is 0 Å². The molecule has 21 heavy (non-hydrogen) atoms. The first-order valence-corrected chi connectivity index (χ1v) is 7.57. The van der Waals surface area contributed by atoms with Crippen molar-refractivity contribution in [1.29, 1.82) is 0 Å². The van der Waals surface area contributed by atoms with Gasteiger partial charge in [0.15, 0.2) is 0 Å². The van der Waals surface area contributed by atoms with Crippen LogP contribution in [0.15, 0.2) is 66.7 Å². The van der Waals surface area contributed by atoms with Gasteiger partial charge in [0.05, 0.1) is 0 Å². The molecule has 1 atom stereocenters. The van der Waals surface area contributed by atoms with Crippen molar-refractivity contribution >= 4 is 22.4 Å². The number of nitrogens with one attached hydrogen (secondary N) is 1. The molecule has 0 radical (unpaired) electrons. The van der Waals surface area contributed by atoms with Crippen molar-refractivity contribution in [3.8, 4) is 0 Å². The number of rotatable bonds is 4. The van der Waals surface area contributed by atoms with Gasteiger partial charge in [-0.05, 0) is 47.0 Å². The van der Waals surface area contributed by atoms with Gasteiger partial charge in [0.1, 0.15) is 0 Å². The van der Waals surface area contributed by atoms with E-state index < -0.39 is 0 Å². The SMILES string of the molecule is CC(NCc1cccc(Cl)c1)c1ccc2ccccc2c1. The Morgan fingerprint density at radius 1 is 0.905 bits per heavy atom. The maximum Gasteiger partial charge on any atom is 0.0409 e. The van der Waals surface area contributed by atoms with E-state index in [2.05, 4.69) is 60.8 Å². The molecule has 3 rings (SSSR count). The van der Waals surface area contributed by atoms with E-state index in [1.165, 1.54) is 21.9 Å². The highest BCUT2D eigenvalue weighted by molar-refractivity contribution is 6.30. The monoisotopic (exact) mass is 295 g/mol. The van der Waals surface area contributed by atoms with Crippen molar-refractivity contribution < 1.29 is 0 Å². The predicted molar refractivity (Wildman–Crippen MR) is 90.7 cm³/mol. The van der Waals surface area contributed by atoms with Crippen molar-refractivity contribution in [2.45, 2.75) is 19.5 Å². The summed E-state index contributed by atoms with van der Waals surface area (Å²) in [5, 5.41) is 6.90. The standard InChI is InChI=1S/C19H18ClN/c1-14(21-13-15-5-4-8-19(20)11-15)17-10-9-16-6-2-3-7-18(16)12-17/h2-12,14,21H,13H2,1H3. The Labute approximate surface area is 130 Å². The summed E-state index contributed by atoms with van der Waals surface area (Å²) in [6.07, 6.45) is 0. The smallest absolute Gasteiger partial charge is 0.0409 e. The van der Waals surface area contributed by atoms with E-state index in [-0.39, 0.29) is 0 Å². The number of benzene rings is 3. The van der Waals surface area contributed by atoms with E-state index in [0.29, 0.717) is 6.04 Å². The molecule has 0 saturated heterocycles. The second-order valence-electron chi connectivity index (χ2n) is 5.34. The van der Waals surface area contributed by atoms with Gasteiger partial charge in [0.2, 0.25) is 0 Å². The fourth-order valence-electron chi connectivity index (χ4n) is 2.51. The molecule has 1 N–H and O–H groups in total. The lowest BCUT2D eigenvalue weighted by Gasteiger charge is -2.15. The van der Waals surface area contributed by atoms with Crippen LogP contribution in [0.2, 0.25) is 5.02 Å². The molecule has 0 fully saturated rings. The number of hydrogen-bond acceptors (Lipinski definition) is 1. The Bertz CT molecular complexity index is 751. The van der Waals surface area contributed by atoms with Gasteiger partial charge in [0, 0.05) is 17.6 Å². The first-order chi connectivity index (χ1) is 10.2. The third-order valence-corrected chi connectivity index (χ3v) is 4.01. The fourth-order valence-corrected chi connectivity index (χ4v) is 2.73. The highest BCUT2D eigenvalue weighted by atomic mass is 35.5. The maximum absolute atomic E-state index is 6.01. The lowest BCUT2D eigenvalue weighted by atomic mass is 10.0. The van der Waals surface area contributed by atoms with Gasteiger partial charge < -0.3 is 5.32 Å². The van der Waals surface area contributed by atoms with Gasteiger partial charge in [-0.3, -0.25) is 0 Å². The average molecular weight is 296 g/mol. The van der Waals surface area contributed by atoms with Gasteiger partial charge in [-0.2, -0.15) is 0 Å². The van der Waals surface area contributed by atoms with Crippen LogP contribution in [0.25, 0.3) is 10.8 Å². The summed E-state index contributed by atoms with van der Waals surface area (Å²) in [6, 6.07) is 23.4. The minimum absolute atomic E-state index is 0.300. The highest BCUT2D eigenvalue weighted by Crippen LogP contribution is 2.20. The van der Waals surface area contributed by atoms with Crippen LogP contribution in [-0.2, 0) is 6.54 Å². The molecule has 3 aromatic rings. The third-order valence-electron chi connectivity index (χ3n) is 3.77. The molecule has 0 heterocycles. The zero-order valence-electron chi connectivity index (χ0n) is 12.0. The van der Waals surface area contributed by atoms with Gasteiger partial charge in [0.25, 0.3) is 0 Å².